The molecule has 4 heterocycles. The zero-order valence-corrected chi connectivity index (χ0v) is 22.4. The predicted molar refractivity (Wildman–Crippen MR) is 144 cm³/mol. The van der Waals surface area contributed by atoms with E-state index >= 15 is 0 Å². The molecule has 0 radical (unpaired) electrons. The van der Waals surface area contributed by atoms with Gasteiger partial charge in [-0.05, 0) is 59.2 Å². The second-order valence-corrected chi connectivity index (χ2v) is 12.4. The molecular formula is C29H32N4O4S. The number of benzene rings is 1. The van der Waals surface area contributed by atoms with Crippen molar-refractivity contribution in [3.8, 4) is 11.1 Å². The van der Waals surface area contributed by atoms with Crippen LogP contribution in [0.3, 0.4) is 0 Å². The fourth-order valence-corrected chi connectivity index (χ4v) is 7.40. The Morgan fingerprint density at radius 2 is 1.82 bits per heavy atom. The van der Waals surface area contributed by atoms with Crippen LogP contribution in [0.1, 0.15) is 43.7 Å². The number of sulfonamides is 1. The highest BCUT2D eigenvalue weighted by atomic mass is 32.2. The Hall–Kier alpha value is -3.43. The first-order chi connectivity index (χ1) is 18.2. The standard InChI is InChI=1S/C29H32N4O4S/c1-20(2)15-25(24-7-3-6-23(16-24)22-8-12-30-13-9-22)29(35)32-14-10-26-28(32)27(34)18-33(26)38(36,37)19-21-5-4-11-31-17-21/h3-9,11-13,16-17,20,25-26,28H,10,14-15,18-19H2,1-2H3. The fourth-order valence-electron chi connectivity index (χ4n) is 5.69. The Kier molecular flexibility index (Phi) is 7.40. The molecule has 198 valence electrons. The lowest BCUT2D eigenvalue weighted by molar-refractivity contribution is -0.138. The molecule has 0 saturated carbocycles. The van der Waals surface area contributed by atoms with E-state index in [4.69, 9.17) is 0 Å². The molecule has 3 unspecified atom stereocenters. The van der Waals surface area contributed by atoms with Crippen LogP contribution in [-0.4, -0.2) is 64.5 Å². The zero-order valence-electron chi connectivity index (χ0n) is 21.6. The monoisotopic (exact) mass is 532 g/mol. The maximum Gasteiger partial charge on any atom is 0.230 e. The van der Waals surface area contributed by atoms with Crippen molar-refractivity contribution in [1.29, 1.82) is 0 Å². The van der Waals surface area contributed by atoms with Crippen molar-refractivity contribution in [3.63, 3.8) is 0 Å². The summed E-state index contributed by atoms with van der Waals surface area (Å²) >= 11 is 0. The average Bonchev–Trinajstić information content (AvgIpc) is 3.49. The number of hydrogen-bond donors (Lipinski definition) is 0. The van der Waals surface area contributed by atoms with Gasteiger partial charge in [-0.1, -0.05) is 44.2 Å². The van der Waals surface area contributed by atoms with Crippen molar-refractivity contribution in [2.45, 2.75) is 50.4 Å². The number of aromatic nitrogens is 2. The lowest BCUT2D eigenvalue weighted by Gasteiger charge is -2.29. The average molecular weight is 533 g/mol. The first-order valence-electron chi connectivity index (χ1n) is 13.0. The van der Waals surface area contributed by atoms with Crippen molar-refractivity contribution in [3.05, 3.63) is 84.4 Å². The van der Waals surface area contributed by atoms with Gasteiger partial charge in [0.2, 0.25) is 15.9 Å². The van der Waals surface area contributed by atoms with Crippen LogP contribution in [-0.2, 0) is 25.4 Å². The molecule has 1 amide bonds. The quantitative estimate of drug-likeness (QED) is 0.439. The molecule has 2 fully saturated rings. The Morgan fingerprint density at radius 1 is 1.03 bits per heavy atom. The Morgan fingerprint density at radius 3 is 2.53 bits per heavy atom. The zero-order chi connectivity index (χ0) is 26.9. The smallest absolute Gasteiger partial charge is 0.230 e. The number of ketones is 1. The van der Waals surface area contributed by atoms with Gasteiger partial charge in [-0.25, -0.2) is 8.42 Å². The van der Waals surface area contributed by atoms with Crippen LogP contribution in [0, 0.1) is 5.92 Å². The fraction of sp³-hybridized carbons (Fsp3) is 0.379. The van der Waals surface area contributed by atoms with Crippen molar-refractivity contribution in [2.75, 3.05) is 13.1 Å². The maximum atomic E-state index is 14.1. The summed E-state index contributed by atoms with van der Waals surface area (Å²) < 4.78 is 27.9. The van der Waals surface area contributed by atoms with E-state index in [-0.39, 0.29) is 29.9 Å². The van der Waals surface area contributed by atoms with Gasteiger partial charge in [-0.3, -0.25) is 19.6 Å². The minimum atomic E-state index is -3.75. The largest absolute Gasteiger partial charge is 0.330 e. The van der Waals surface area contributed by atoms with Crippen LogP contribution < -0.4 is 0 Å². The molecular weight excluding hydrogens is 500 g/mol. The Labute approximate surface area is 223 Å². The molecule has 38 heavy (non-hydrogen) atoms. The molecule has 0 N–H and O–H groups in total. The molecule has 0 bridgehead atoms. The number of likely N-dealkylation sites (tertiary alicyclic amines) is 1. The minimum Gasteiger partial charge on any atom is -0.330 e. The van der Waals surface area contributed by atoms with Crippen LogP contribution in [0.4, 0.5) is 0 Å². The van der Waals surface area contributed by atoms with E-state index in [1.807, 2.05) is 36.4 Å². The lowest BCUT2D eigenvalue weighted by atomic mass is 9.87. The number of nitrogens with zero attached hydrogens (tertiary/aromatic N) is 4. The Balaban J connectivity index is 1.40. The van der Waals surface area contributed by atoms with Crippen molar-refractivity contribution < 1.29 is 18.0 Å². The molecule has 0 aliphatic carbocycles. The summed E-state index contributed by atoms with van der Waals surface area (Å²) in [5.74, 6) is -0.724. The Bertz CT molecular complexity index is 1410. The summed E-state index contributed by atoms with van der Waals surface area (Å²) in [6, 6.07) is 13.9. The summed E-state index contributed by atoms with van der Waals surface area (Å²) in [7, 11) is -3.75. The molecule has 2 aliphatic rings. The summed E-state index contributed by atoms with van der Waals surface area (Å²) in [4.78, 5) is 37.0. The number of carbonyl (C=O) groups excluding carboxylic acids is 2. The highest BCUT2D eigenvalue weighted by Gasteiger charge is 2.54. The van der Waals surface area contributed by atoms with Gasteiger partial charge in [0.15, 0.2) is 5.78 Å². The molecule has 1 aromatic carbocycles. The van der Waals surface area contributed by atoms with Gasteiger partial charge < -0.3 is 4.90 Å². The van der Waals surface area contributed by atoms with Gasteiger partial charge in [0.1, 0.15) is 6.04 Å². The predicted octanol–water partition coefficient (Wildman–Crippen LogP) is 3.66. The number of Topliss-reactive ketones (excluding diaryl/α,β-unsaturated/α-hetero) is 1. The first-order valence-corrected chi connectivity index (χ1v) is 14.6. The highest BCUT2D eigenvalue weighted by molar-refractivity contribution is 7.88. The topological polar surface area (TPSA) is 101 Å². The minimum absolute atomic E-state index is 0.113. The molecule has 0 spiro atoms. The van der Waals surface area contributed by atoms with E-state index in [9.17, 15) is 18.0 Å². The summed E-state index contributed by atoms with van der Waals surface area (Å²) in [5, 5.41) is 0. The SMILES string of the molecule is CC(C)CC(C(=O)N1CCC2C1C(=O)CN2S(=O)(=O)Cc1cccnc1)c1cccc(-c2ccncc2)c1. The molecule has 5 rings (SSSR count). The number of hydrogen-bond acceptors (Lipinski definition) is 6. The molecule has 3 atom stereocenters. The highest BCUT2D eigenvalue weighted by Crippen LogP contribution is 2.37. The van der Waals surface area contributed by atoms with Gasteiger partial charge >= 0.3 is 0 Å². The number of fused-ring (bicyclic) bond motifs is 1. The van der Waals surface area contributed by atoms with Crippen LogP contribution in [0.2, 0.25) is 0 Å². The lowest BCUT2D eigenvalue weighted by Crippen LogP contribution is -2.45. The van der Waals surface area contributed by atoms with Crippen molar-refractivity contribution in [1.82, 2.24) is 19.2 Å². The molecule has 3 aromatic rings. The summed E-state index contributed by atoms with van der Waals surface area (Å²) in [6.45, 7) is 4.31. The van der Waals surface area contributed by atoms with E-state index in [0.29, 0.717) is 24.9 Å². The van der Waals surface area contributed by atoms with Gasteiger partial charge in [-0.15, -0.1) is 0 Å². The van der Waals surface area contributed by atoms with Crippen LogP contribution in [0.25, 0.3) is 11.1 Å². The van der Waals surface area contributed by atoms with Gasteiger partial charge in [0.05, 0.1) is 24.3 Å². The third-order valence-corrected chi connectivity index (χ3v) is 9.21. The number of amides is 1. The van der Waals surface area contributed by atoms with Gasteiger partial charge in [-0.2, -0.15) is 4.31 Å². The van der Waals surface area contributed by atoms with E-state index in [1.165, 1.54) is 10.5 Å². The third-order valence-electron chi connectivity index (χ3n) is 7.40. The van der Waals surface area contributed by atoms with Crippen LogP contribution in [0.5, 0.6) is 0 Å². The molecule has 8 nitrogen and oxygen atoms in total. The van der Waals surface area contributed by atoms with Crippen LogP contribution in [0.15, 0.2) is 73.3 Å². The van der Waals surface area contributed by atoms with E-state index in [1.54, 1.807) is 35.6 Å². The summed E-state index contributed by atoms with van der Waals surface area (Å²) in [5.41, 5.74) is 3.48. The molecule has 2 aliphatic heterocycles. The second kappa shape index (κ2) is 10.7. The second-order valence-electron chi connectivity index (χ2n) is 10.5. The van der Waals surface area contributed by atoms with E-state index in [2.05, 4.69) is 23.8 Å². The van der Waals surface area contributed by atoms with E-state index < -0.39 is 28.0 Å². The van der Waals surface area contributed by atoms with Gasteiger partial charge in [0.25, 0.3) is 0 Å². The number of carbonyl (C=O) groups is 2. The van der Waals surface area contributed by atoms with Crippen LogP contribution >= 0.6 is 0 Å². The third kappa shape index (κ3) is 5.26. The normalized spacial score (nSPS) is 20.6. The summed E-state index contributed by atoms with van der Waals surface area (Å²) in [6.07, 6.45) is 7.66. The van der Waals surface area contributed by atoms with E-state index in [0.717, 1.165) is 16.7 Å². The molecule has 9 heteroatoms. The molecule has 2 saturated heterocycles. The molecule has 2 aromatic heterocycles. The van der Waals surface area contributed by atoms with Gasteiger partial charge in [0, 0.05) is 31.3 Å². The number of pyridine rings is 2. The van der Waals surface area contributed by atoms with Crippen molar-refractivity contribution >= 4 is 21.7 Å². The maximum absolute atomic E-state index is 14.1. The van der Waals surface area contributed by atoms with Crippen molar-refractivity contribution in [2.24, 2.45) is 5.92 Å². The number of rotatable bonds is 8. The first kappa shape index (κ1) is 26.2.